The molecule has 1 amide bonds. The smallest absolute Gasteiger partial charge is 0.271 e. The summed E-state index contributed by atoms with van der Waals surface area (Å²) in [5, 5.41) is 1.72. The SMILES string of the molecule is COc1ccnc(N2CCN(C(=O)Cc3ccc(NS(=O)(=O)c4cccs4)cc3)CC2)n1. The molecule has 32 heavy (non-hydrogen) atoms. The van der Waals surface area contributed by atoms with E-state index in [2.05, 4.69) is 14.7 Å². The number of amides is 1. The number of nitrogens with zero attached hydrogens (tertiary/aromatic N) is 4. The van der Waals surface area contributed by atoms with Crippen molar-refractivity contribution in [2.75, 3.05) is 42.9 Å². The molecule has 0 saturated carbocycles. The third-order valence-electron chi connectivity index (χ3n) is 5.06. The zero-order valence-corrected chi connectivity index (χ0v) is 19.1. The Morgan fingerprint density at radius 2 is 1.88 bits per heavy atom. The van der Waals surface area contributed by atoms with Gasteiger partial charge in [-0.2, -0.15) is 4.98 Å². The maximum atomic E-state index is 12.7. The van der Waals surface area contributed by atoms with Gasteiger partial charge in [0.05, 0.1) is 13.5 Å². The molecular formula is C21H23N5O4S2. The van der Waals surface area contributed by atoms with Gasteiger partial charge in [0.15, 0.2) is 0 Å². The molecule has 1 aliphatic heterocycles. The summed E-state index contributed by atoms with van der Waals surface area (Å²) < 4.78 is 32.6. The number of rotatable bonds is 7. The first-order chi connectivity index (χ1) is 15.4. The second-order valence-electron chi connectivity index (χ2n) is 7.18. The largest absolute Gasteiger partial charge is 0.481 e. The Labute approximate surface area is 190 Å². The number of methoxy groups -OCH3 is 1. The molecular weight excluding hydrogens is 450 g/mol. The van der Waals surface area contributed by atoms with Gasteiger partial charge in [-0.1, -0.05) is 18.2 Å². The Morgan fingerprint density at radius 3 is 2.53 bits per heavy atom. The number of carbonyl (C=O) groups is 1. The average molecular weight is 474 g/mol. The minimum Gasteiger partial charge on any atom is -0.481 e. The molecule has 2 aromatic heterocycles. The van der Waals surface area contributed by atoms with Crippen molar-refractivity contribution < 1.29 is 17.9 Å². The fourth-order valence-electron chi connectivity index (χ4n) is 3.35. The molecule has 0 radical (unpaired) electrons. The van der Waals surface area contributed by atoms with Crippen LogP contribution in [0.5, 0.6) is 5.88 Å². The normalized spacial score (nSPS) is 14.3. The highest BCUT2D eigenvalue weighted by Gasteiger charge is 2.23. The summed E-state index contributed by atoms with van der Waals surface area (Å²) in [7, 11) is -2.02. The zero-order valence-electron chi connectivity index (χ0n) is 17.5. The second-order valence-corrected chi connectivity index (χ2v) is 10.0. The Balaban J connectivity index is 1.31. The number of hydrogen-bond acceptors (Lipinski definition) is 8. The Kier molecular flexibility index (Phi) is 6.56. The third-order valence-corrected chi connectivity index (χ3v) is 7.84. The quantitative estimate of drug-likeness (QED) is 0.561. The van der Waals surface area contributed by atoms with E-state index in [4.69, 9.17) is 4.74 Å². The first-order valence-electron chi connectivity index (χ1n) is 9.99. The molecule has 1 aliphatic rings. The fourth-order valence-corrected chi connectivity index (χ4v) is 5.40. The molecule has 1 fully saturated rings. The highest BCUT2D eigenvalue weighted by molar-refractivity contribution is 7.94. The molecule has 0 spiro atoms. The Bertz CT molecular complexity index is 1160. The minimum absolute atomic E-state index is 0.0307. The zero-order chi connectivity index (χ0) is 22.6. The van der Waals surface area contributed by atoms with E-state index in [9.17, 15) is 13.2 Å². The molecule has 3 aromatic rings. The molecule has 1 saturated heterocycles. The van der Waals surface area contributed by atoms with E-state index in [-0.39, 0.29) is 16.5 Å². The van der Waals surface area contributed by atoms with Crippen molar-refractivity contribution in [3.63, 3.8) is 0 Å². The molecule has 0 aliphatic carbocycles. The van der Waals surface area contributed by atoms with Gasteiger partial charge in [-0.15, -0.1) is 11.3 Å². The molecule has 0 unspecified atom stereocenters. The van der Waals surface area contributed by atoms with Crippen LogP contribution in [0.1, 0.15) is 5.56 Å². The van der Waals surface area contributed by atoms with E-state index in [1.54, 1.807) is 61.2 Å². The lowest BCUT2D eigenvalue weighted by Gasteiger charge is -2.34. The van der Waals surface area contributed by atoms with Gasteiger partial charge < -0.3 is 14.5 Å². The second kappa shape index (κ2) is 9.53. The lowest BCUT2D eigenvalue weighted by atomic mass is 10.1. The van der Waals surface area contributed by atoms with Crippen molar-refractivity contribution in [2.24, 2.45) is 0 Å². The van der Waals surface area contributed by atoms with Gasteiger partial charge in [0.1, 0.15) is 4.21 Å². The van der Waals surface area contributed by atoms with Crippen molar-refractivity contribution in [3.05, 3.63) is 59.6 Å². The van der Waals surface area contributed by atoms with Crippen LogP contribution in [-0.4, -0.2) is 62.5 Å². The number of piperazine rings is 1. The summed E-state index contributed by atoms with van der Waals surface area (Å²) in [6.45, 7) is 2.45. The van der Waals surface area contributed by atoms with E-state index in [1.165, 1.54) is 0 Å². The van der Waals surface area contributed by atoms with Crippen molar-refractivity contribution in [3.8, 4) is 5.88 Å². The minimum atomic E-state index is -3.59. The number of sulfonamides is 1. The number of nitrogens with one attached hydrogen (secondary N) is 1. The number of ether oxygens (including phenoxy) is 1. The van der Waals surface area contributed by atoms with Crippen LogP contribution in [0.4, 0.5) is 11.6 Å². The summed E-state index contributed by atoms with van der Waals surface area (Å²) in [5.74, 6) is 1.13. The topological polar surface area (TPSA) is 105 Å². The van der Waals surface area contributed by atoms with Gasteiger partial charge >= 0.3 is 0 Å². The highest BCUT2D eigenvalue weighted by Crippen LogP contribution is 2.21. The van der Waals surface area contributed by atoms with Crippen LogP contribution in [-0.2, 0) is 21.2 Å². The molecule has 1 N–H and O–H groups in total. The summed E-state index contributed by atoms with van der Waals surface area (Å²) in [4.78, 5) is 25.2. The predicted octanol–water partition coefficient (Wildman–Crippen LogP) is 2.24. The van der Waals surface area contributed by atoms with Crippen LogP contribution in [0, 0.1) is 0 Å². The standard InChI is InChI=1S/C21H23N5O4S2/c1-30-18-8-9-22-21(23-18)26-12-10-25(11-13-26)19(27)15-16-4-6-17(7-5-16)24-32(28,29)20-3-2-14-31-20/h2-9,14,24H,10-13,15H2,1H3. The molecule has 11 heteroatoms. The summed E-state index contributed by atoms with van der Waals surface area (Å²) in [6, 6.07) is 11.8. The summed E-state index contributed by atoms with van der Waals surface area (Å²) in [6.07, 6.45) is 1.91. The van der Waals surface area contributed by atoms with Crippen LogP contribution < -0.4 is 14.4 Å². The molecule has 4 rings (SSSR count). The molecule has 0 bridgehead atoms. The maximum absolute atomic E-state index is 12.7. The van der Waals surface area contributed by atoms with Gasteiger partial charge in [-0.05, 0) is 29.1 Å². The van der Waals surface area contributed by atoms with Crippen molar-refractivity contribution in [1.29, 1.82) is 0 Å². The summed E-state index contributed by atoms with van der Waals surface area (Å²) >= 11 is 1.16. The van der Waals surface area contributed by atoms with E-state index < -0.39 is 10.0 Å². The van der Waals surface area contributed by atoms with Gasteiger partial charge in [0.2, 0.25) is 17.7 Å². The first-order valence-corrected chi connectivity index (χ1v) is 12.4. The molecule has 3 heterocycles. The number of carbonyl (C=O) groups excluding carboxylic acids is 1. The first kappa shape index (κ1) is 22.0. The van der Waals surface area contributed by atoms with Gasteiger partial charge in [-0.25, -0.2) is 13.4 Å². The monoisotopic (exact) mass is 473 g/mol. The van der Waals surface area contributed by atoms with Crippen LogP contribution in [0.15, 0.2) is 58.3 Å². The number of aromatic nitrogens is 2. The summed E-state index contributed by atoms with van der Waals surface area (Å²) in [5.41, 5.74) is 1.29. The van der Waals surface area contributed by atoms with E-state index >= 15 is 0 Å². The third kappa shape index (κ3) is 5.17. The van der Waals surface area contributed by atoms with Crippen LogP contribution in [0.2, 0.25) is 0 Å². The number of thiophene rings is 1. The molecule has 168 valence electrons. The van der Waals surface area contributed by atoms with Crippen molar-refractivity contribution >= 4 is 38.9 Å². The fraction of sp³-hybridized carbons (Fsp3) is 0.286. The van der Waals surface area contributed by atoms with E-state index in [0.717, 1.165) is 16.9 Å². The van der Waals surface area contributed by atoms with E-state index in [1.807, 2.05) is 9.80 Å². The predicted molar refractivity (Wildman–Crippen MR) is 123 cm³/mol. The number of hydrogen-bond donors (Lipinski definition) is 1. The highest BCUT2D eigenvalue weighted by atomic mass is 32.2. The molecule has 1 aromatic carbocycles. The van der Waals surface area contributed by atoms with E-state index in [0.29, 0.717) is 43.7 Å². The number of anilines is 2. The van der Waals surface area contributed by atoms with Crippen molar-refractivity contribution in [1.82, 2.24) is 14.9 Å². The van der Waals surface area contributed by atoms with Crippen molar-refractivity contribution in [2.45, 2.75) is 10.6 Å². The van der Waals surface area contributed by atoms with Crippen LogP contribution >= 0.6 is 11.3 Å². The van der Waals surface area contributed by atoms with Gasteiger partial charge in [0.25, 0.3) is 10.0 Å². The average Bonchev–Trinajstić information content (AvgIpc) is 3.37. The van der Waals surface area contributed by atoms with Crippen LogP contribution in [0.3, 0.4) is 0 Å². The Morgan fingerprint density at radius 1 is 1.12 bits per heavy atom. The molecule has 0 atom stereocenters. The molecule has 9 nitrogen and oxygen atoms in total. The Hall–Kier alpha value is -3.18. The number of benzene rings is 1. The lowest BCUT2D eigenvalue weighted by Crippen LogP contribution is -2.49. The maximum Gasteiger partial charge on any atom is 0.271 e. The lowest BCUT2D eigenvalue weighted by molar-refractivity contribution is -0.130. The van der Waals surface area contributed by atoms with Crippen LogP contribution in [0.25, 0.3) is 0 Å². The van der Waals surface area contributed by atoms with Gasteiger partial charge in [0, 0.05) is 44.1 Å². The van der Waals surface area contributed by atoms with Gasteiger partial charge in [-0.3, -0.25) is 9.52 Å².